The number of methoxy groups -OCH3 is 3. The Kier molecular flexibility index (Phi) is 7.45. The number of anilines is 2. The molecule has 0 aliphatic carbocycles. The van der Waals surface area contributed by atoms with E-state index in [0.717, 1.165) is 5.56 Å². The van der Waals surface area contributed by atoms with Crippen molar-refractivity contribution in [2.45, 2.75) is 0 Å². The molecule has 0 bridgehead atoms. The Morgan fingerprint density at radius 2 is 1.50 bits per heavy atom. The number of nitrogens with zero attached hydrogens (tertiary/aromatic N) is 1. The van der Waals surface area contributed by atoms with Crippen molar-refractivity contribution < 1.29 is 19.0 Å². The minimum atomic E-state index is -0.322. The number of nitrogens with one attached hydrogen (secondary N) is 1. The zero-order valence-electron chi connectivity index (χ0n) is 17.6. The molecular formula is C23H21Cl2N3O4. The normalized spacial score (nSPS) is 10.8. The van der Waals surface area contributed by atoms with Crippen molar-refractivity contribution in [1.29, 1.82) is 0 Å². The Labute approximate surface area is 195 Å². The lowest BCUT2D eigenvalue weighted by atomic mass is 10.1. The van der Waals surface area contributed by atoms with Crippen molar-refractivity contribution in [3.05, 3.63) is 69.7 Å². The van der Waals surface area contributed by atoms with E-state index < -0.39 is 0 Å². The lowest BCUT2D eigenvalue weighted by Gasteiger charge is -2.14. The van der Waals surface area contributed by atoms with Crippen LogP contribution in [-0.2, 0) is 0 Å². The van der Waals surface area contributed by atoms with E-state index in [-0.39, 0.29) is 5.91 Å². The highest BCUT2D eigenvalue weighted by molar-refractivity contribution is 6.39. The molecule has 7 nitrogen and oxygen atoms in total. The number of hydrogen-bond acceptors (Lipinski definition) is 6. The summed E-state index contributed by atoms with van der Waals surface area (Å²) in [7, 11) is 4.48. The summed E-state index contributed by atoms with van der Waals surface area (Å²) in [6.45, 7) is 0. The molecule has 3 aromatic carbocycles. The first-order valence-electron chi connectivity index (χ1n) is 9.36. The zero-order valence-corrected chi connectivity index (χ0v) is 19.1. The van der Waals surface area contributed by atoms with Crippen LogP contribution in [0, 0.1) is 0 Å². The molecule has 9 heteroatoms. The Hall–Kier alpha value is -3.42. The van der Waals surface area contributed by atoms with Gasteiger partial charge >= 0.3 is 0 Å². The summed E-state index contributed by atoms with van der Waals surface area (Å²) in [5, 5.41) is 3.52. The van der Waals surface area contributed by atoms with Gasteiger partial charge in [-0.1, -0.05) is 35.3 Å². The van der Waals surface area contributed by atoms with Crippen molar-refractivity contribution in [2.24, 2.45) is 4.99 Å². The van der Waals surface area contributed by atoms with Crippen molar-refractivity contribution in [2.75, 3.05) is 32.4 Å². The predicted molar refractivity (Wildman–Crippen MR) is 129 cm³/mol. The maximum atomic E-state index is 12.7. The van der Waals surface area contributed by atoms with Crippen molar-refractivity contribution in [1.82, 2.24) is 0 Å². The number of hydrogen-bond donors (Lipinski definition) is 2. The average Bonchev–Trinajstić information content (AvgIpc) is 2.80. The molecule has 0 aliphatic heterocycles. The van der Waals surface area contributed by atoms with E-state index in [0.29, 0.717) is 49.9 Å². The number of carbonyl (C=O) groups excluding carboxylic acids is 1. The summed E-state index contributed by atoms with van der Waals surface area (Å²) in [4.78, 5) is 17.1. The van der Waals surface area contributed by atoms with Crippen LogP contribution in [0.4, 0.5) is 17.1 Å². The molecule has 0 aromatic heterocycles. The van der Waals surface area contributed by atoms with Gasteiger partial charge in [-0.05, 0) is 42.0 Å². The summed E-state index contributed by atoms with van der Waals surface area (Å²) in [5.74, 6) is 0.883. The number of nitrogens with two attached hydrogens (primary N) is 1. The van der Waals surface area contributed by atoms with Gasteiger partial charge in [-0.15, -0.1) is 0 Å². The largest absolute Gasteiger partial charge is 0.493 e. The molecule has 1 amide bonds. The second-order valence-electron chi connectivity index (χ2n) is 6.57. The molecule has 0 atom stereocenters. The molecule has 0 saturated carbocycles. The van der Waals surface area contributed by atoms with Gasteiger partial charge in [0.2, 0.25) is 5.75 Å². The van der Waals surface area contributed by atoms with Crippen LogP contribution in [0.3, 0.4) is 0 Å². The van der Waals surface area contributed by atoms with Crippen LogP contribution in [0.15, 0.2) is 53.5 Å². The van der Waals surface area contributed by atoms with Crippen LogP contribution in [0.25, 0.3) is 0 Å². The number of benzene rings is 3. The van der Waals surface area contributed by atoms with E-state index in [1.54, 1.807) is 42.6 Å². The van der Waals surface area contributed by atoms with Gasteiger partial charge in [0.1, 0.15) is 0 Å². The number of nitrogen functional groups attached to an aromatic ring is 1. The Morgan fingerprint density at radius 1 is 0.938 bits per heavy atom. The third-order valence-corrected chi connectivity index (χ3v) is 5.15. The molecule has 0 aliphatic rings. The van der Waals surface area contributed by atoms with Crippen LogP contribution in [0.1, 0.15) is 15.9 Å². The quantitative estimate of drug-likeness (QED) is 0.343. The second kappa shape index (κ2) is 10.3. The second-order valence-corrected chi connectivity index (χ2v) is 7.39. The van der Waals surface area contributed by atoms with Crippen LogP contribution in [0.2, 0.25) is 10.0 Å². The SMILES string of the molecule is COc1cc(C(=O)Nc2ccc(C=Nc3cc(Cl)c(N)c(Cl)c3)cc2)cc(OC)c1OC. The van der Waals surface area contributed by atoms with Crippen LogP contribution < -0.4 is 25.3 Å². The number of aliphatic imine (C=N–C) groups is 1. The lowest BCUT2D eigenvalue weighted by Crippen LogP contribution is -2.12. The predicted octanol–water partition coefficient (Wildman–Crippen LogP) is 5.60. The molecule has 0 fully saturated rings. The van der Waals surface area contributed by atoms with E-state index >= 15 is 0 Å². The lowest BCUT2D eigenvalue weighted by molar-refractivity contribution is 0.102. The molecule has 0 heterocycles. The van der Waals surface area contributed by atoms with Crippen molar-refractivity contribution in [3.8, 4) is 17.2 Å². The minimum absolute atomic E-state index is 0.319. The standard InChI is InChI=1S/C23H21Cl2N3O4/c1-30-19-8-14(9-20(31-2)22(19)32-3)23(29)28-15-6-4-13(5-7-15)12-27-16-10-17(24)21(26)18(25)11-16/h4-12H,26H2,1-3H3,(H,28,29). The maximum absolute atomic E-state index is 12.7. The summed E-state index contributed by atoms with van der Waals surface area (Å²) >= 11 is 12.1. The van der Waals surface area contributed by atoms with Crippen LogP contribution in [0.5, 0.6) is 17.2 Å². The molecule has 0 spiro atoms. The van der Waals surface area contributed by atoms with Gasteiger partial charge < -0.3 is 25.3 Å². The average molecular weight is 474 g/mol. The summed E-state index contributed by atoms with van der Waals surface area (Å²) in [6.07, 6.45) is 1.66. The van der Waals surface area contributed by atoms with E-state index in [9.17, 15) is 4.79 Å². The molecule has 0 saturated heterocycles. The Balaban J connectivity index is 1.74. The van der Waals surface area contributed by atoms with Gasteiger partial charge in [-0.3, -0.25) is 9.79 Å². The van der Waals surface area contributed by atoms with Gasteiger partial charge in [-0.2, -0.15) is 0 Å². The molecule has 32 heavy (non-hydrogen) atoms. The third-order valence-electron chi connectivity index (χ3n) is 4.52. The summed E-state index contributed by atoms with van der Waals surface area (Å²) in [6, 6.07) is 13.6. The van der Waals surface area contributed by atoms with Gasteiger partial charge in [-0.25, -0.2) is 0 Å². The first-order valence-corrected chi connectivity index (χ1v) is 10.1. The number of amides is 1. The van der Waals surface area contributed by atoms with Gasteiger partial charge in [0.15, 0.2) is 11.5 Å². The van der Waals surface area contributed by atoms with Crippen molar-refractivity contribution >= 4 is 52.4 Å². The summed E-state index contributed by atoms with van der Waals surface area (Å²) in [5.41, 5.74) is 8.42. The molecule has 3 rings (SSSR count). The van der Waals surface area contributed by atoms with Gasteiger partial charge in [0, 0.05) is 17.5 Å². The van der Waals surface area contributed by atoms with Gasteiger partial charge in [0.25, 0.3) is 5.91 Å². The molecule has 0 unspecified atom stereocenters. The van der Waals surface area contributed by atoms with Gasteiger partial charge in [0.05, 0.1) is 42.7 Å². The first kappa shape index (κ1) is 23.2. The highest BCUT2D eigenvalue weighted by Gasteiger charge is 2.17. The number of ether oxygens (including phenoxy) is 3. The highest BCUT2D eigenvalue weighted by atomic mass is 35.5. The first-order chi connectivity index (χ1) is 15.4. The number of rotatable bonds is 7. The monoisotopic (exact) mass is 473 g/mol. The summed E-state index contributed by atoms with van der Waals surface area (Å²) < 4.78 is 15.9. The molecule has 166 valence electrons. The topological polar surface area (TPSA) is 95.2 Å². The molecule has 0 radical (unpaired) electrons. The number of carbonyl (C=O) groups is 1. The smallest absolute Gasteiger partial charge is 0.255 e. The highest BCUT2D eigenvalue weighted by Crippen LogP contribution is 2.38. The fourth-order valence-electron chi connectivity index (χ4n) is 2.86. The van der Waals surface area contributed by atoms with E-state index in [4.69, 9.17) is 43.1 Å². The zero-order chi connectivity index (χ0) is 23.3. The van der Waals surface area contributed by atoms with Crippen LogP contribution >= 0.6 is 23.2 Å². The maximum Gasteiger partial charge on any atom is 0.255 e. The molecule has 3 N–H and O–H groups in total. The van der Waals surface area contributed by atoms with Crippen LogP contribution in [-0.4, -0.2) is 33.5 Å². The Morgan fingerprint density at radius 3 is 2.00 bits per heavy atom. The third kappa shape index (κ3) is 5.25. The Bertz CT molecular complexity index is 1120. The van der Waals surface area contributed by atoms with E-state index in [1.807, 2.05) is 12.1 Å². The fourth-order valence-corrected chi connectivity index (χ4v) is 3.34. The number of halogens is 2. The van der Waals surface area contributed by atoms with E-state index in [1.165, 1.54) is 21.3 Å². The molecular weight excluding hydrogens is 453 g/mol. The molecule has 3 aromatic rings. The van der Waals surface area contributed by atoms with E-state index in [2.05, 4.69) is 10.3 Å². The van der Waals surface area contributed by atoms with Crippen molar-refractivity contribution in [3.63, 3.8) is 0 Å². The fraction of sp³-hybridized carbons (Fsp3) is 0.130. The minimum Gasteiger partial charge on any atom is -0.493 e.